The maximum Gasteiger partial charge on any atom is 0.308 e. The number of Topliss-reactive ketones (excluding diaryl/α,β-unsaturated/α-hetero) is 1. The number of hydrogen-bond donors (Lipinski definition) is 0. The normalized spacial score (nSPS) is 16.2. The zero-order valence-corrected chi connectivity index (χ0v) is 11.3. The minimum Gasteiger partial charge on any atom is -0.469 e. The molecule has 5 nitrogen and oxygen atoms in total. The van der Waals surface area contributed by atoms with E-state index in [1.807, 2.05) is 0 Å². The van der Waals surface area contributed by atoms with E-state index in [0.717, 1.165) is 31.7 Å². The molecule has 0 spiro atoms. The summed E-state index contributed by atoms with van der Waals surface area (Å²) in [5, 5.41) is 0. The van der Waals surface area contributed by atoms with E-state index in [0.29, 0.717) is 5.56 Å². The number of piperidine rings is 1. The van der Waals surface area contributed by atoms with Crippen molar-refractivity contribution in [3.05, 3.63) is 23.9 Å². The maximum atomic E-state index is 11.6. The monoisotopic (exact) mass is 262 g/mol. The molecule has 0 unspecified atom stereocenters. The molecule has 2 heterocycles. The smallest absolute Gasteiger partial charge is 0.308 e. The molecule has 1 aromatic rings. The minimum absolute atomic E-state index is 0.0122. The largest absolute Gasteiger partial charge is 0.469 e. The highest BCUT2D eigenvalue weighted by molar-refractivity contribution is 5.98. The molecule has 0 saturated carbocycles. The second-order valence-electron chi connectivity index (χ2n) is 4.72. The fourth-order valence-electron chi connectivity index (χ4n) is 2.42. The van der Waals surface area contributed by atoms with Crippen LogP contribution in [0.5, 0.6) is 0 Å². The van der Waals surface area contributed by atoms with Crippen molar-refractivity contribution in [1.29, 1.82) is 0 Å². The summed E-state index contributed by atoms with van der Waals surface area (Å²) in [4.78, 5) is 29.4. The number of ketones is 1. The Kier molecular flexibility index (Phi) is 4.14. The predicted molar refractivity (Wildman–Crippen MR) is 71.2 cm³/mol. The summed E-state index contributed by atoms with van der Waals surface area (Å²) >= 11 is 0. The van der Waals surface area contributed by atoms with Crippen LogP contribution in [-0.2, 0) is 9.53 Å². The highest BCUT2D eigenvalue weighted by Gasteiger charge is 2.27. The van der Waals surface area contributed by atoms with Gasteiger partial charge in [0.05, 0.1) is 18.6 Å². The molecule has 1 aliphatic rings. The Hall–Kier alpha value is -1.91. The van der Waals surface area contributed by atoms with Crippen molar-refractivity contribution >= 4 is 17.6 Å². The summed E-state index contributed by atoms with van der Waals surface area (Å²) in [6, 6.07) is 3.55. The van der Waals surface area contributed by atoms with Gasteiger partial charge in [0.1, 0.15) is 5.82 Å². The van der Waals surface area contributed by atoms with Gasteiger partial charge in [-0.2, -0.15) is 0 Å². The first-order valence-electron chi connectivity index (χ1n) is 6.42. The Morgan fingerprint density at radius 2 is 2.05 bits per heavy atom. The average molecular weight is 262 g/mol. The predicted octanol–water partition coefficient (Wildman–Crippen LogP) is 1.67. The van der Waals surface area contributed by atoms with Crippen LogP contribution in [0.4, 0.5) is 5.82 Å². The van der Waals surface area contributed by atoms with Crippen molar-refractivity contribution in [2.24, 2.45) is 5.92 Å². The lowest BCUT2D eigenvalue weighted by molar-refractivity contribution is -0.146. The number of pyridine rings is 1. The van der Waals surface area contributed by atoms with Gasteiger partial charge in [-0.1, -0.05) is 0 Å². The number of carbonyl (C=O) groups excluding carboxylic acids is 2. The molecule has 1 fully saturated rings. The summed E-state index contributed by atoms with van der Waals surface area (Å²) < 4.78 is 4.77. The summed E-state index contributed by atoms with van der Waals surface area (Å²) in [5.74, 6) is 0.551. The van der Waals surface area contributed by atoms with E-state index in [-0.39, 0.29) is 17.7 Å². The molecule has 1 saturated heterocycles. The lowest BCUT2D eigenvalue weighted by Crippen LogP contribution is -2.37. The molecule has 0 atom stereocenters. The third kappa shape index (κ3) is 2.92. The zero-order chi connectivity index (χ0) is 13.8. The van der Waals surface area contributed by atoms with Crippen molar-refractivity contribution in [2.75, 3.05) is 25.1 Å². The average Bonchev–Trinajstić information content (AvgIpc) is 2.46. The molecule has 0 radical (unpaired) electrons. The standard InChI is InChI=1S/C14H18N2O3/c1-10(17)12-4-3-7-15-13(12)16-8-5-11(6-9-16)14(18)19-2/h3-4,7,11H,5-6,8-9H2,1-2H3. The summed E-state index contributed by atoms with van der Waals surface area (Å²) in [6.45, 7) is 2.98. The number of rotatable bonds is 3. The van der Waals surface area contributed by atoms with Gasteiger partial charge >= 0.3 is 5.97 Å². The van der Waals surface area contributed by atoms with Gasteiger partial charge < -0.3 is 9.64 Å². The van der Waals surface area contributed by atoms with Crippen LogP contribution in [0.25, 0.3) is 0 Å². The fraction of sp³-hybridized carbons (Fsp3) is 0.500. The molecule has 2 rings (SSSR count). The van der Waals surface area contributed by atoms with Gasteiger partial charge in [-0.05, 0) is 31.9 Å². The van der Waals surface area contributed by atoms with Gasteiger partial charge in [0.15, 0.2) is 5.78 Å². The Morgan fingerprint density at radius 3 is 2.63 bits per heavy atom. The van der Waals surface area contributed by atoms with Crippen molar-refractivity contribution in [1.82, 2.24) is 4.98 Å². The third-order valence-corrected chi connectivity index (χ3v) is 3.49. The van der Waals surface area contributed by atoms with Crippen LogP contribution in [0.15, 0.2) is 18.3 Å². The van der Waals surface area contributed by atoms with E-state index in [4.69, 9.17) is 4.74 Å². The lowest BCUT2D eigenvalue weighted by Gasteiger charge is -2.32. The van der Waals surface area contributed by atoms with Crippen LogP contribution < -0.4 is 4.90 Å². The third-order valence-electron chi connectivity index (χ3n) is 3.49. The number of esters is 1. The first kappa shape index (κ1) is 13.5. The molecule has 0 bridgehead atoms. The maximum absolute atomic E-state index is 11.6. The van der Waals surface area contributed by atoms with E-state index in [1.165, 1.54) is 7.11 Å². The van der Waals surface area contributed by atoms with Crippen LogP contribution >= 0.6 is 0 Å². The lowest BCUT2D eigenvalue weighted by atomic mass is 9.96. The molecule has 19 heavy (non-hydrogen) atoms. The second kappa shape index (κ2) is 5.82. The first-order chi connectivity index (χ1) is 9.13. The van der Waals surface area contributed by atoms with Crippen molar-refractivity contribution in [3.8, 4) is 0 Å². The number of methoxy groups -OCH3 is 1. The number of nitrogens with zero attached hydrogens (tertiary/aromatic N) is 2. The number of anilines is 1. The van der Waals surface area contributed by atoms with Gasteiger partial charge in [-0.25, -0.2) is 4.98 Å². The Balaban J connectivity index is 2.10. The summed E-state index contributed by atoms with van der Waals surface area (Å²) in [6.07, 6.45) is 3.16. The summed E-state index contributed by atoms with van der Waals surface area (Å²) in [7, 11) is 1.42. The second-order valence-corrected chi connectivity index (χ2v) is 4.72. The Bertz CT molecular complexity index is 479. The van der Waals surface area contributed by atoms with Crippen LogP contribution in [0, 0.1) is 5.92 Å². The topological polar surface area (TPSA) is 59.5 Å². The highest BCUT2D eigenvalue weighted by Crippen LogP contribution is 2.25. The molecule has 1 aliphatic heterocycles. The van der Waals surface area contributed by atoms with E-state index in [1.54, 1.807) is 25.3 Å². The molecule has 0 aromatic carbocycles. The van der Waals surface area contributed by atoms with Crippen LogP contribution in [0.3, 0.4) is 0 Å². The summed E-state index contributed by atoms with van der Waals surface area (Å²) in [5.41, 5.74) is 0.638. The van der Waals surface area contributed by atoms with Crippen LogP contribution in [0.2, 0.25) is 0 Å². The fourth-order valence-corrected chi connectivity index (χ4v) is 2.42. The molecule has 0 aliphatic carbocycles. The van der Waals surface area contributed by atoms with Gasteiger partial charge in [0.25, 0.3) is 0 Å². The van der Waals surface area contributed by atoms with E-state index >= 15 is 0 Å². The first-order valence-corrected chi connectivity index (χ1v) is 6.42. The number of carbonyl (C=O) groups is 2. The van der Waals surface area contributed by atoms with E-state index < -0.39 is 0 Å². The quantitative estimate of drug-likeness (QED) is 0.612. The van der Waals surface area contributed by atoms with E-state index in [9.17, 15) is 9.59 Å². The van der Waals surface area contributed by atoms with Gasteiger partial charge in [0.2, 0.25) is 0 Å². The SMILES string of the molecule is COC(=O)C1CCN(c2ncccc2C(C)=O)CC1. The molecule has 5 heteroatoms. The van der Waals surface area contributed by atoms with Crippen molar-refractivity contribution in [3.63, 3.8) is 0 Å². The van der Waals surface area contributed by atoms with Gasteiger partial charge in [-0.3, -0.25) is 9.59 Å². The molecule has 1 aromatic heterocycles. The highest BCUT2D eigenvalue weighted by atomic mass is 16.5. The van der Waals surface area contributed by atoms with Crippen LogP contribution in [-0.4, -0.2) is 36.9 Å². The van der Waals surface area contributed by atoms with Gasteiger partial charge in [0, 0.05) is 19.3 Å². The molecule has 102 valence electrons. The molecular weight excluding hydrogens is 244 g/mol. The Labute approximate surface area is 112 Å². The Morgan fingerprint density at radius 1 is 1.37 bits per heavy atom. The number of ether oxygens (including phenoxy) is 1. The zero-order valence-electron chi connectivity index (χ0n) is 11.3. The number of aromatic nitrogens is 1. The van der Waals surface area contributed by atoms with Crippen molar-refractivity contribution < 1.29 is 14.3 Å². The minimum atomic E-state index is -0.146. The van der Waals surface area contributed by atoms with Crippen molar-refractivity contribution in [2.45, 2.75) is 19.8 Å². The molecule has 0 N–H and O–H groups in total. The number of hydrogen-bond acceptors (Lipinski definition) is 5. The molecule has 0 amide bonds. The van der Waals surface area contributed by atoms with Gasteiger partial charge in [-0.15, -0.1) is 0 Å². The molecular formula is C14H18N2O3. The van der Waals surface area contributed by atoms with E-state index in [2.05, 4.69) is 9.88 Å². The van der Waals surface area contributed by atoms with Crippen LogP contribution in [0.1, 0.15) is 30.1 Å².